The predicted molar refractivity (Wildman–Crippen MR) is 56.9 cm³/mol. The Morgan fingerprint density at radius 3 is 2.44 bits per heavy atom. The molecule has 0 aliphatic heterocycles. The zero-order chi connectivity index (χ0) is 11.4. The van der Waals surface area contributed by atoms with Crippen LogP contribution in [0.3, 0.4) is 0 Å². The van der Waals surface area contributed by atoms with Crippen LogP contribution in [0.25, 0.3) is 0 Å². The van der Waals surface area contributed by atoms with E-state index in [1.54, 1.807) is 24.8 Å². The van der Waals surface area contributed by atoms with E-state index in [-0.39, 0.29) is 5.97 Å². The molecule has 0 radical (unpaired) electrons. The molecule has 1 aromatic heterocycles. The van der Waals surface area contributed by atoms with Gasteiger partial charge in [0.15, 0.2) is 0 Å². The van der Waals surface area contributed by atoms with E-state index in [0.29, 0.717) is 12.1 Å². The maximum atomic E-state index is 11.2. The van der Waals surface area contributed by atoms with Crippen LogP contribution in [0.5, 0.6) is 0 Å². The molecule has 1 aromatic carbocycles. The molecular weight excluding hydrogens is 206 g/mol. The molecule has 0 aliphatic rings. The second-order valence-corrected chi connectivity index (χ2v) is 3.32. The number of nitrogens with zero attached hydrogens (tertiary/aromatic N) is 3. The molecule has 0 aliphatic carbocycles. The van der Waals surface area contributed by atoms with Gasteiger partial charge in [0.05, 0.1) is 12.7 Å². The van der Waals surface area contributed by atoms with Crippen LogP contribution in [-0.4, -0.2) is 27.8 Å². The molecule has 0 saturated heterocycles. The molecule has 0 unspecified atom stereocenters. The summed E-state index contributed by atoms with van der Waals surface area (Å²) in [4.78, 5) is 11.2. The maximum absolute atomic E-state index is 11.2. The summed E-state index contributed by atoms with van der Waals surface area (Å²) >= 11 is 0. The first-order valence-corrected chi connectivity index (χ1v) is 4.79. The largest absolute Gasteiger partial charge is 0.465 e. The van der Waals surface area contributed by atoms with Gasteiger partial charge in [-0.15, -0.1) is 10.2 Å². The smallest absolute Gasteiger partial charge is 0.337 e. The van der Waals surface area contributed by atoms with Crippen molar-refractivity contribution in [2.45, 2.75) is 6.54 Å². The van der Waals surface area contributed by atoms with E-state index < -0.39 is 0 Å². The molecule has 0 amide bonds. The second kappa shape index (κ2) is 4.57. The first-order valence-electron chi connectivity index (χ1n) is 4.79. The van der Waals surface area contributed by atoms with E-state index in [4.69, 9.17) is 0 Å². The Bertz CT molecular complexity index is 462. The van der Waals surface area contributed by atoms with Crippen molar-refractivity contribution >= 4 is 5.97 Å². The van der Waals surface area contributed by atoms with E-state index >= 15 is 0 Å². The lowest BCUT2D eigenvalue weighted by Crippen LogP contribution is -2.02. The van der Waals surface area contributed by atoms with Gasteiger partial charge in [-0.2, -0.15) is 0 Å². The van der Waals surface area contributed by atoms with Crippen LogP contribution in [0.2, 0.25) is 0 Å². The quantitative estimate of drug-likeness (QED) is 0.723. The fraction of sp³-hybridized carbons (Fsp3) is 0.182. The summed E-state index contributed by atoms with van der Waals surface area (Å²) in [6.07, 6.45) is 3.29. The fourth-order valence-electron chi connectivity index (χ4n) is 1.38. The fourth-order valence-corrected chi connectivity index (χ4v) is 1.38. The van der Waals surface area contributed by atoms with E-state index in [2.05, 4.69) is 14.9 Å². The molecule has 0 fully saturated rings. The Morgan fingerprint density at radius 2 is 1.88 bits per heavy atom. The summed E-state index contributed by atoms with van der Waals surface area (Å²) in [7, 11) is 1.37. The molecular formula is C11H11N3O2. The zero-order valence-corrected chi connectivity index (χ0v) is 8.83. The summed E-state index contributed by atoms with van der Waals surface area (Å²) in [6.45, 7) is 0.689. The van der Waals surface area contributed by atoms with Crippen molar-refractivity contribution in [1.82, 2.24) is 14.8 Å². The number of methoxy groups -OCH3 is 1. The summed E-state index contributed by atoms with van der Waals surface area (Å²) in [5.41, 5.74) is 1.63. The molecule has 0 bridgehead atoms. The number of ether oxygens (including phenoxy) is 1. The maximum Gasteiger partial charge on any atom is 0.337 e. The van der Waals surface area contributed by atoms with E-state index in [1.807, 2.05) is 16.7 Å². The molecule has 5 heteroatoms. The minimum absolute atomic E-state index is 0.323. The highest BCUT2D eigenvalue weighted by Crippen LogP contribution is 2.07. The summed E-state index contributed by atoms with van der Waals surface area (Å²) in [6, 6.07) is 7.25. The third-order valence-corrected chi connectivity index (χ3v) is 2.21. The number of hydrogen-bond acceptors (Lipinski definition) is 4. The lowest BCUT2D eigenvalue weighted by Gasteiger charge is -2.03. The molecule has 5 nitrogen and oxygen atoms in total. The van der Waals surface area contributed by atoms with Crippen LogP contribution in [0.4, 0.5) is 0 Å². The van der Waals surface area contributed by atoms with Gasteiger partial charge < -0.3 is 9.30 Å². The topological polar surface area (TPSA) is 57.0 Å². The van der Waals surface area contributed by atoms with Crippen molar-refractivity contribution in [3.63, 3.8) is 0 Å². The predicted octanol–water partition coefficient (Wildman–Crippen LogP) is 1.11. The van der Waals surface area contributed by atoms with Crippen LogP contribution in [0.1, 0.15) is 15.9 Å². The monoisotopic (exact) mass is 217 g/mol. The molecule has 82 valence electrons. The van der Waals surface area contributed by atoms with E-state index in [0.717, 1.165) is 5.56 Å². The normalized spacial score (nSPS) is 10.1. The SMILES string of the molecule is COC(=O)c1ccc(Cn2cnnc2)cc1. The van der Waals surface area contributed by atoms with Crippen molar-refractivity contribution < 1.29 is 9.53 Å². The average molecular weight is 217 g/mol. The third-order valence-electron chi connectivity index (χ3n) is 2.21. The molecule has 0 saturated carbocycles. The van der Waals surface area contributed by atoms with Gasteiger partial charge in [0.1, 0.15) is 12.7 Å². The van der Waals surface area contributed by atoms with E-state index in [1.165, 1.54) is 7.11 Å². The van der Waals surface area contributed by atoms with Gasteiger partial charge >= 0.3 is 5.97 Å². The van der Waals surface area contributed by atoms with Gasteiger partial charge in [0.25, 0.3) is 0 Å². The van der Waals surface area contributed by atoms with Crippen molar-refractivity contribution in [2.75, 3.05) is 7.11 Å². The first-order chi connectivity index (χ1) is 7.79. The Labute approximate surface area is 92.7 Å². The van der Waals surface area contributed by atoms with Gasteiger partial charge in [-0.25, -0.2) is 4.79 Å². The second-order valence-electron chi connectivity index (χ2n) is 3.32. The molecule has 0 atom stereocenters. The van der Waals surface area contributed by atoms with Crippen LogP contribution >= 0.6 is 0 Å². The molecule has 16 heavy (non-hydrogen) atoms. The Hall–Kier alpha value is -2.17. The Balaban J connectivity index is 2.10. The van der Waals surface area contributed by atoms with Crippen molar-refractivity contribution in [3.8, 4) is 0 Å². The van der Waals surface area contributed by atoms with Crippen LogP contribution in [-0.2, 0) is 11.3 Å². The summed E-state index contributed by atoms with van der Waals surface area (Å²) < 4.78 is 6.47. The molecule has 0 spiro atoms. The standard InChI is InChI=1S/C11H11N3O2/c1-16-11(15)10-4-2-9(3-5-10)6-14-7-12-13-8-14/h2-5,7-8H,6H2,1H3. The number of aromatic nitrogens is 3. The number of carbonyl (C=O) groups is 1. The minimum Gasteiger partial charge on any atom is -0.465 e. The lowest BCUT2D eigenvalue weighted by atomic mass is 10.1. The van der Waals surface area contributed by atoms with Crippen LogP contribution in [0, 0.1) is 0 Å². The average Bonchev–Trinajstić information content (AvgIpc) is 2.82. The first kappa shape index (κ1) is 10.4. The van der Waals surface area contributed by atoms with Gasteiger partial charge in [-0.3, -0.25) is 0 Å². The van der Waals surface area contributed by atoms with Gasteiger partial charge in [-0.05, 0) is 17.7 Å². The zero-order valence-electron chi connectivity index (χ0n) is 8.83. The molecule has 2 aromatic rings. The van der Waals surface area contributed by atoms with Crippen LogP contribution < -0.4 is 0 Å². The number of carbonyl (C=O) groups excluding carboxylic acids is 1. The third kappa shape index (κ3) is 2.25. The van der Waals surface area contributed by atoms with Gasteiger partial charge in [0.2, 0.25) is 0 Å². The summed E-state index contributed by atoms with van der Waals surface area (Å²) in [5, 5.41) is 7.43. The number of hydrogen-bond donors (Lipinski definition) is 0. The summed E-state index contributed by atoms with van der Waals surface area (Å²) in [5.74, 6) is -0.323. The number of rotatable bonds is 3. The van der Waals surface area contributed by atoms with E-state index in [9.17, 15) is 4.79 Å². The molecule has 0 N–H and O–H groups in total. The highest BCUT2D eigenvalue weighted by Gasteiger charge is 2.04. The Morgan fingerprint density at radius 1 is 1.25 bits per heavy atom. The minimum atomic E-state index is -0.323. The van der Waals surface area contributed by atoms with Crippen molar-refractivity contribution in [1.29, 1.82) is 0 Å². The van der Waals surface area contributed by atoms with Crippen molar-refractivity contribution in [3.05, 3.63) is 48.0 Å². The number of benzene rings is 1. The highest BCUT2D eigenvalue weighted by atomic mass is 16.5. The molecule has 1 heterocycles. The Kier molecular flexibility index (Phi) is 2.95. The highest BCUT2D eigenvalue weighted by molar-refractivity contribution is 5.89. The number of esters is 1. The lowest BCUT2D eigenvalue weighted by molar-refractivity contribution is 0.0600. The molecule has 2 rings (SSSR count). The van der Waals surface area contributed by atoms with Gasteiger partial charge in [-0.1, -0.05) is 12.1 Å². The van der Waals surface area contributed by atoms with Crippen molar-refractivity contribution in [2.24, 2.45) is 0 Å². The van der Waals surface area contributed by atoms with Crippen LogP contribution in [0.15, 0.2) is 36.9 Å². The van der Waals surface area contributed by atoms with Gasteiger partial charge in [0, 0.05) is 6.54 Å².